The van der Waals surface area contributed by atoms with E-state index < -0.39 is 0 Å². The van der Waals surface area contributed by atoms with Gasteiger partial charge in [-0.05, 0) is 25.1 Å². The molecule has 4 rings (SSSR count). The SMILES string of the molecule is Cc1c(F)cccc1OC1CC(NC(=O)c2cnc3c(CO)cccn23)C1. The first kappa shape index (κ1) is 17.5. The summed E-state index contributed by atoms with van der Waals surface area (Å²) >= 11 is 0. The van der Waals surface area contributed by atoms with Crippen molar-refractivity contribution in [2.75, 3.05) is 0 Å². The summed E-state index contributed by atoms with van der Waals surface area (Å²) in [6.45, 7) is 1.55. The highest BCUT2D eigenvalue weighted by molar-refractivity contribution is 5.93. The van der Waals surface area contributed by atoms with Crippen molar-refractivity contribution < 1.29 is 19.0 Å². The number of carbonyl (C=O) groups excluding carboxylic acids is 1. The summed E-state index contributed by atoms with van der Waals surface area (Å²) in [5, 5.41) is 12.3. The molecule has 7 heteroatoms. The maximum atomic E-state index is 13.6. The van der Waals surface area contributed by atoms with Crippen LogP contribution in [0.3, 0.4) is 0 Å². The fraction of sp³-hybridized carbons (Fsp3) is 0.300. The Morgan fingerprint density at radius 3 is 2.96 bits per heavy atom. The molecule has 1 aliphatic carbocycles. The third kappa shape index (κ3) is 3.26. The van der Waals surface area contributed by atoms with E-state index in [0.29, 0.717) is 41.1 Å². The van der Waals surface area contributed by atoms with Crippen LogP contribution in [0.4, 0.5) is 4.39 Å². The predicted molar refractivity (Wildman–Crippen MR) is 97.2 cm³/mol. The Kier molecular flexibility index (Phi) is 4.53. The van der Waals surface area contributed by atoms with Gasteiger partial charge in [0, 0.05) is 36.2 Å². The number of nitrogens with one attached hydrogen (secondary N) is 1. The molecular formula is C20H20FN3O3. The third-order valence-electron chi connectivity index (χ3n) is 4.96. The van der Waals surface area contributed by atoms with Gasteiger partial charge in [-0.15, -0.1) is 0 Å². The molecule has 0 spiro atoms. The van der Waals surface area contributed by atoms with Crippen LogP contribution in [-0.2, 0) is 6.61 Å². The summed E-state index contributed by atoms with van der Waals surface area (Å²) in [7, 11) is 0. The highest BCUT2D eigenvalue weighted by atomic mass is 19.1. The van der Waals surface area contributed by atoms with E-state index >= 15 is 0 Å². The van der Waals surface area contributed by atoms with E-state index in [0.717, 1.165) is 0 Å². The highest BCUT2D eigenvalue weighted by Gasteiger charge is 2.33. The number of rotatable bonds is 5. The molecule has 1 saturated carbocycles. The quantitative estimate of drug-likeness (QED) is 0.725. The number of imidazole rings is 1. The average Bonchev–Trinajstić information content (AvgIpc) is 3.07. The minimum absolute atomic E-state index is 0.00272. The number of aromatic nitrogens is 2. The molecule has 0 unspecified atom stereocenters. The molecule has 2 N–H and O–H groups in total. The van der Waals surface area contributed by atoms with E-state index in [2.05, 4.69) is 10.3 Å². The van der Waals surface area contributed by atoms with E-state index in [-0.39, 0.29) is 30.5 Å². The smallest absolute Gasteiger partial charge is 0.270 e. The first-order valence-corrected chi connectivity index (χ1v) is 8.85. The van der Waals surface area contributed by atoms with E-state index in [1.54, 1.807) is 41.8 Å². The third-order valence-corrected chi connectivity index (χ3v) is 4.96. The molecule has 1 aromatic carbocycles. The molecular weight excluding hydrogens is 349 g/mol. The van der Waals surface area contributed by atoms with Gasteiger partial charge in [0.05, 0.1) is 12.8 Å². The van der Waals surface area contributed by atoms with E-state index in [9.17, 15) is 14.3 Å². The molecule has 0 aliphatic heterocycles. The van der Waals surface area contributed by atoms with Crippen LogP contribution in [0.2, 0.25) is 0 Å². The number of halogens is 1. The van der Waals surface area contributed by atoms with Crippen molar-refractivity contribution in [3.05, 3.63) is 65.4 Å². The number of nitrogens with zero attached hydrogens (tertiary/aromatic N) is 2. The molecule has 3 aromatic rings. The van der Waals surface area contributed by atoms with Crippen molar-refractivity contribution in [3.63, 3.8) is 0 Å². The lowest BCUT2D eigenvalue weighted by atomic mass is 9.89. The summed E-state index contributed by atoms with van der Waals surface area (Å²) in [5.74, 6) is 0.0394. The van der Waals surface area contributed by atoms with Crippen LogP contribution < -0.4 is 10.1 Å². The summed E-state index contributed by atoms with van der Waals surface area (Å²) in [6.07, 6.45) is 4.54. The minimum atomic E-state index is -0.286. The summed E-state index contributed by atoms with van der Waals surface area (Å²) in [5.41, 5.74) is 2.15. The lowest BCUT2D eigenvalue weighted by molar-refractivity contribution is 0.0692. The summed E-state index contributed by atoms with van der Waals surface area (Å²) in [6, 6.07) is 8.33. The zero-order valence-electron chi connectivity index (χ0n) is 14.9. The normalized spacial score (nSPS) is 18.9. The predicted octanol–water partition coefficient (Wildman–Crippen LogP) is 2.61. The Hall–Kier alpha value is -2.93. The molecule has 1 amide bonds. The van der Waals surface area contributed by atoms with E-state index in [4.69, 9.17) is 4.74 Å². The second-order valence-corrected chi connectivity index (χ2v) is 6.77. The molecule has 0 atom stereocenters. The van der Waals surface area contributed by atoms with Crippen LogP contribution in [0, 0.1) is 12.7 Å². The topological polar surface area (TPSA) is 75.9 Å². The monoisotopic (exact) mass is 369 g/mol. The molecule has 1 fully saturated rings. The van der Waals surface area contributed by atoms with Gasteiger partial charge in [0.15, 0.2) is 0 Å². The van der Waals surface area contributed by atoms with Gasteiger partial charge in [0.25, 0.3) is 5.91 Å². The average molecular weight is 369 g/mol. The maximum Gasteiger partial charge on any atom is 0.270 e. The zero-order valence-corrected chi connectivity index (χ0v) is 14.9. The van der Waals surface area contributed by atoms with Gasteiger partial charge in [0.1, 0.15) is 29.0 Å². The van der Waals surface area contributed by atoms with Gasteiger partial charge in [-0.2, -0.15) is 0 Å². The Morgan fingerprint density at radius 2 is 2.19 bits per heavy atom. The summed E-state index contributed by atoms with van der Waals surface area (Å²) < 4.78 is 21.1. The number of hydrogen-bond acceptors (Lipinski definition) is 4. The second kappa shape index (κ2) is 7.00. The number of pyridine rings is 1. The van der Waals surface area contributed by atoms with Crippen molar-refractivity contribution in [2.24, 2.45) is 0 Å². The fourth-order valence-corrected chi connectivity index (χ4v) is 3.29. The Bertz CT molecular complexity index is 995. The standard InChI is InChI=1S/C20H20FN3O3/c1-12-16(21)5-2-6-18(12)27-15-8-14(9-15)23-20(26)17-10-22-19-13(11-25)4-3-7-24(17)19/h2-7,10,14-15,25H,8-9,11H2,1H3,(H,23,26). The lowest BCUT2D eigenvalue weighted by Gasteiger charge is -2.36. The van der Waals surface area contributed by atoms with E-state index in [1.807, 2.05) is 0 Å². The molecule has 6 nitrogen and oxygen atoms in total. The van der Waals surface area contributed by atoms with Crippen LogP contribution in [0.15, 0.2) is 42.7 Å². The Morgan fingerprint density at radius 1 is 1.37 bits per heavy atom. The number of aliphatic hydroxyl groups excluding tert-OH is 1. The number of aliphatic hydroxyl groups is 1. The van der Waals surface area contributed by atoms with Gasteiger partial charge >= 0.3 is 0 Å². The number of amides is 1. The minimum Gasteiger partial charge on any atom is -0.490 e. The van der Waals surface area contributed by atoms with Crippen molar-refractivity contribution >= 4 is 11.6 Å². The molecule has 0 radical (unpaired) electrons. The number of ether oxygens (including phenoxy) is 1. The first-order chi connectivity index (χ1) is 13.1. The van der Waals surface area contributed by atoms with Crippen LogP contribution in [-0.4, -0.2) is 32.5 Å². The highest BCUT2D eigenvalue weighted by Crippen LogP contribution is 2.29. The number of fused-ring (bicyclic) bond motifs is 1. The first-order valence-electron chi connectivity index (χ1n) is 8.85. The molecule has 27 heavy (non-hydrogen) atoms. The molecule has 0 bridgehead atoms. The van der Waals surface area contributed by atoms with Crippen LogP contribution in [0.1, 0.15) is 34.5 Å². The molecule has 140 valence electrons. The van der Waals surface area contributed by atoms with Crippen molar-refractivity contribution in [3.8, 4) is 5.75 Å². The molecule has 2 aromatic heterocycles. The Balaban J connectivity index is 1.38. The second-order valence-electron chi connectivity index (χ2n) is 6.77. The van der Waals surface area contributed by atoms with Gasteiger partial charge < -0.3 is 15.2 Å². The largest absolute Gasteiger partial charge is 0.490 e. The zero-order chi connectivity index (χ0) is 19.0. The molecule has 0 saturated heterocycles. The van der Waals surface area contributed by atoms with Crippen LogP contribution >= 0.6 is 0 Å². The van der Waals surface area contributed by atoms with Crippen molar-refractivity contribution in [1.82, 2.24) is 14.7 Å². The lowest BCUT2D eigenvalue weighted by Crippen LogP contribution is -2.49. The number of carbonyl (C=O) groups is 1. The van der Waals surface area contributed by atoms with Crippen molar-refractivity contribution in [1.29, 1.82) is 0 Å². The van der Waals surface area contributed by atoms with Gasteiger partial charge in [0.2, 0.25) is 0 Å². The van der Waals surface area contributed by atoms with E-state index in [1.165, 1.54) is 12.3 Å². The maximum absolute atomic E-state index is 13.6. The van der Waals surface area contributed by atoms with Crippen LogP contribution in [0.5, 0.6) is 5.75 Å². The molecule has 2 heterocycles. The number of hydrogen-bond donors (Lipinski definition) is 2. The fourth-order valence-electron chi connectivity index (χ4n) is 3.29. The van der Waals surface area contributed by atoms with Gasteiger partial charge in [-0.1, -0.05) is 12.1 Å². The number of benzene rings is 1. The molecule has 1 aliphatic rings. The Labute approximate surface area is 155 Å². The van der Waals surface area contributed by atoms with Crippen molar-refractivity contribution in [2.45, 2.75) is 38.5 Å². The van der Waals surface area contributed by atoms with Gasteiger partial charge in [-0.25, -0.2) is 9.37 Å². The van der Waals surface area contributed by atoms with Gasteiger partial charge in [-0.3, -0.25) is 9.20 Å². The van der Waals surface area contributed by atoms with Crippen LogP contribution in [0.25, 0.3) is 5.65 Å². The summed E-state index contributed by atoms with van der Waals surface area (Å²) in [4.78, 5) is 16.8.